The predicted octanol–water partition coefficient (Wildman–Crippen LogP) is 3.22. The van der Waals surface area contributed by atoms with E-state index in [1.807, 2.05) is 13.8 Å². The number of hydrogen-bond acceptors (Lipinski definition) is 3. The SMILES string of the molecule is CCC(C)(CC)[Si](OC)(OC)OC(C)C. The Hall–Kier alpha value is 0.0969. The zero-order valence-electron chi connectivity index (χ0n) is 11.2. The maximum atomic E-state index is 5.98. The molecule has 0 fully saturated rings. The molecule has 0 aromatic rings. The van der Waals surface area contributed by atoms with Gasteiger partial charge in [0.1, 0.15) is 0 Å². The summed E-state index contributed by atoms with van der Waals surface area (Å²) in [4.78, 5) is 0. The smallest absolute Gasteiger partial charge is 0.376 e. The summed E-state index contributed by atoms with van der Waals surface area (Å²) in [7, 11) is 0.832. The third kappa shape index (κ3) is 3.03. The van der Waals surface area contributed by atoms with Gasteiger partial charge in [-0.2, -0.15) is 0 Å². The zero-order chi connectivity index (χ0) is 12.1. The second-order valence-electron chi connectivity index (χ2n) is 4.40. The Morgan fingerprint density at radius 1 is 1.07 bits per heavy atom. The Labute approximate surface area is 95.5 Å². The van der Waals surface area contributed by atoms with Crippen LogP contribution < -0.4 is 0 Å². The van der Waals surface area contributed by atoms with Gasteiger partial charge in [0.2, 0.25) is 0 Å². The maximum absolute atomic E-state index is 5.98. The van der Waals surface area contributed by atoms with Crippen molar-refractivity contribution < 1.29 is 13.3 Å². The van der Waals surface area contributed by atoms with E-state index in [1.54, 1.807) is 14.2 Å². The van der Waals surface area contributed by atoms with Crippen LogP contribution in [-0.4, -0.2) is 29.1 Å². The topological polar surface area (TPSA) is 27.7 Å². The highest BCUT2D eigenvalue weighted by Crippen LogP contribution is 2.45. The monoisotopic (exact) mass is 234 g/mol. The molecular formula is C11H26O3Si. The minimum atomic E-state index is -2.56. The normalized spacial score (nSPS) is 13.6. The highest BCUT2D eigenvalue weighted by molar-refractivity contribution is 6.64. The molecule has 0 aromatic carbocycles. The van der Waals surface area contributed by atoms with Crippen LogP contribution in [0.3, 0.4) is 0 Å². The lowest BCUT2D eigenvalue weighted by atomic mass is 10.1. The van der Waals surface area contributed by atoms with Gasteiger partial charge in [-0.1, -0.05) is 20.8 Å². The summed E-state index contributed by atoms with van der Waals surface area (Å²) in [6, 6.07) is 0. The van der Waals surface area contributed by atoms with Crippen molar-refractivity contribution in [3.05, 3.63) is 0 Å². The molecule has 3 nitrogen and oxygen atoms in total. The average Bonchev–Trinajstić information content (AvgIpc) is 2.24. The Kier molecular flexibility index (Phi) is 6.03. The Morgan fingerprint density at radius 3 is 1.67 bits per heavy atom. The minimum Gasteiger partial charge on any atom is -0.376 e. The van der Waals surface area contributed by atoms with Gasteiger partial charge in [-0.25, -0.2) is 0 Å². The average molecular weight is 234 g/mol. The van der Waals surface area contributed by atoms with Crippen molar-refractivity contribution in [3.63, 3.8) is 0 Å². The second-order valence-corrected chi connectivity index (χ2v) is 7.77. The molecule has 0 aliphatic rings. The molecule has 0 aliphatic carbocycles. The van der Waals surface area contributed by atoms with Crippen molar-refractivity contribution in [1.29, 1.82) is 0 Å². The van der Waals surface area contributed by atoms with E-state index >= 15 is 0 Å². The Morgan fingerprint density at radius 2 is 1.47 bits per heavy atom. The van der Waals surface area contributed by atoms with Crippen molar-refractivity contribution in [2.75, 3.05) is 14.2 Å². The number of rotatable bonds is 7. The van der Waals surface area contributed by atoms with Crippen LogP contribution in [0.4, 0.5) is 0 Å². The molecule has 0 amide bonds. The van der Waals surface area contributed by atoms with Crippen LogP contribution in [0.25, 0.3) is 0 Å². The summed E-state index contributed by atoms with van der Waals surface area (Å²) >= 11 is 0. The fourth-order valence-electron chi connectivity index (χ4n) is 1.81. The van der Waals surface area contributed by atoms with Crippen LogP contribution in [0.5, 0.6) is 0 Å². The summed E-state index contributed by atoms with van der Waals surface area (Å²) in [5.41, 5.74) is 0. The standard InChI is InChI=1S/C11H26O3Si/c1-8-11(5,9-2)15(12-6,13-7)14-10(3)4/h10H,8-9H2,1-7H3. The minimum absolute atomic E-state index is 0.000764. The first kappa shape index (κ1) is 15.1. The van der Waals surface area contributed by atoms with Crippen LogP contribution in [0, 0.1) is 0 Å². The molecule has 0 rings (SSSR count). The van der Waals surface area contributed by atoms with Crippen molar-refractivity contribution in [3.8, 4) is 0 Å². The first-order chi connectivity index (χ1) is 6.91. The van der Waals surface area contributed by atoms with Gasteiger partial charge < -0.3 is 13.3 Å². The van der Waals surface area contributed by atoms with E-state index in [0.29, 0.717) is 0 Å². The van der Waals surface area contributed by atoms with E-state index in [9.17, 15) is 0 Å². The summed E-state index contributed by atoms with van der Waals surface area (Å²) in [5.74, 6) is 0. The van der Waals surface area contributed by atoms with Gasteiger partial charge >= 0.3 is 8.80 Å². The molecule has 0 bridgehead atoms. The van der Waals surface area contributed by atoms with E-state index in [1.165, 1.54) is 0 Å². The van der Waals surface area contributed by atoms with E-state index in [2.05, 4.69) is 20.8 Å². The fourth-order valence-corrected chi connectivity index (χ4v) is 4.92. The Balaban J connectivity index is 5.04. The van der Waals surface area contributed by atoms with Crippen LogP contribution in [-0.2, 0) is 13.3 Å². The lowest BCUT2D eigenvalue weighted by Gasteiger charge is -2.42. The summed E-state index contributed by atoms with van der Waals surface area (Å²) in [5, 5.41) is 0.000764. The van der Waals surface area contributed by atoms with E-state index < -0.39 is 8.80 Å². The third-order valence-corrected chi connectivity index (χ3v) is 7.27. The van der Waals surface area contributed by atoms with Crippen molar-refractivity contribution in [2.24, 2.45) is 0 Å². The highest BCUT2D eigenvalue weighted by Gasteiger charge is 2.55. The van der Waals surface area contributed by atoms with Gasteiger partial charge in [-0.3, -0.25) is 0 Å². The van der Waals surface area contributed by atoms with Crippen molar-refractivity contribution in [2.45, 2.75) is 58.6 Å². The quantitative estimate of drug-likeness (QED) is 0.633. The van der Waals surface area contributed by atoms with Crippen molar-refractivity contribution >= 4 is 8.80 Å². The van der Waals surface area contributed by atoms with Gasteiger partial charge in [0, 0.05) is 25.4 Å². The molecule has 0 spiro atoms. The number of hydrogen-bond donors (Lipinski definition) is 0. The molecule has 92 valence electrons. The molecular weight excluding hydrogens is 208 g/mol. The van der Waals surface area contributed by atoms with E-state index in [4.69, 9.17) is 13.3 Å². The van der Waals surface area contributed by atoms with Crippen LogP contribution in [0.1, 0.15) is 47.5 Å². The van der Waals surface area contributed by atoms with Crippen LogP contribution >= 0.6 is 0 Å². The molecule has 0 atom stereocenters. The molecule has 0 saturated carbocycles. The van der Waals surface area contributed by atoms with Crippen LogP contribution in [0.15, 0.2) is 0 Å². The lowest BCUT2D eigenvalue weighted by Crippen LogP contribution is -2.55. The maximum Gasteiger partial charge on any atom is 0.506 e. The molecule has 4 heteroatoms. The highest BCUT2D eigenvalue weighted by atomic mass is 28.4. The zero-order valence-corrected chi connectivity index (χ0v) is 12.2. The van der Waals surface area contributed by atoms with Gasteiger partial charge in [-0.15, -0.1) is 0 Å². The first-order valence-electron chi connectivity index (χ1n) is 5.69. The van der Waals surface area contributed by atoms with E-state index in [-0.39, 0.29) is 11.1 Å². The second kappa shape index (κ2) is 5.99. The largest absolute Gasteiger partial charge is 0.506 e. The van der Waals surface area contributed by atoms with Gasteiger partial charge in [0.15, 0.2) is 0 Å². The summed E-state index contributed by atoms with van der Waals surface area (Å²) < 4.78 is 17.3. The third-order valence-electron chi connectivity index (χ3n) is 3.23. The molecule has 0 N–H and O–H groups in total. The van der Waals surface area contributed by atoms with Gasteiger partial charge in [0.05, 0.1) is 0 Å². The van der Waals surface area contributed by atoms with Gasteiger partial charge in [-0.05, 0) is 26.7 Å². The van der Waals surface area contributed by atoms with E-state index in [0.717, 1.165) is 12.8 Å². The van der Waals surface area contributed by atoms with Gasteiger partial charge in [0.25, 0.3) is 0 Å². The molecule has 0 heterocycles. The lowest BCUT2D eigenvalue weighted by molar-refractivity contribution is 0.0432. The fraction of sp³-hybridized carbons (Fsp3) is 1.00. The van der Waals surface area contributed by atoms with Crippen molar-refractivity contribution in [1.82, 2.24) is 0 Å². The Bertz CT molecular complexity index is 175. The molecule has 0 unspecified atom stereocenters. The summed E-state index contributed by atoms with van der Waals surface area (Å²) in [6.07, 6.45) is 2.14. The molecule has 0 saturated heterocycles. The molecule has 0 aliphatic heterocycles. The molecule has 15 heavy (non-hydrogen) atoms. The molecule has 0 aromatic heterocycles. The first-order valence-corrected chi connectivity index (χ1v) is 7.42. The molecule has 0 radical (unpaired) electrons. The van der Waals surface area contributed by atoms with Crippen LogP contribution in [0.2, 0.25) is 5.04 Å². The summed E-state index contributed by atoms with van der Waals surface area (Å²) in [6.45, 7) is 10.5. The predicted molar refractivity (Wildman–Crippen MR) is 64.9 cm³/mol.